The van der Waals surface area contributed by atoms with Gasteiger partial charge in [0.25, 0.3) is 0 Å². The minimum atomic E-state index is 1.37. The summed E-state index contributed by atoms with van der Waals surface area (Å²) in [7, 11) is 0. The Labute approximate surface area is 251 Å². The van der Waals surface area contributed by atoms with Crippen molar-refractivity contribution < 1.29 is 0 Å². The molecule has 0 aliphatic carbocycles. The Morgan fingerprint density at radius 3 is 0.538 bits per heavy atom. The van der Waals surface area contributed by atoms with Crippen molar-refractivity contribution >= 4 is 0 Å². The first kappa shape index (κ1) is 39.0. The summed E-state index contributed by atoms with van der Waals surface area (Å²) in [5, 5.41) is 0. The van der Waals surface area contributed by atoms with Crippen LogP contribution in [-0.2, 0) is 0 Å². The Bertz CT molecular complexity index is 349. The minimum absolute atomic E-state index is 1.37. The predicted molar refractivity (Wildman–Crippen MR) is 182 cm³/mol. The molecule has 235 valence electrons. The van der Waals surface area contributed by atoms with Crippen molar-refractivity contribution in [1.29, 1.82) is 0 Å². The average molecular weight is 548 g/mol. The first-order valence-corrected chi connectivity index (χ1v) is 19.2. The molecule has 0 heterocycles. The second-order valence-corrected chi connectivity index (χ2v) is 13.2. The van der Waals surface area contributed by atoms with Crippen LogP contribution in [0, 0.1) is 6.42 Å². The Morgan fingerprint density at radius 2 is 0.359 bits per heavy atom. The van der Waals surface area contributed by atoms with E-state index in [0.717, 1.165) is 0 Å². The van der Waals surface area contributed by atoms with Gasteiger partial charge in [-0.25, -0.2) is 0 Å². The van der Waals surface area contributed by atoms with Crippen molar-refractivity contribution in [2.45, 2.75) is 245 Å². The highest BCUT2D eigenvalue weighted by Gasteiger charge is 1.97. The van der Waals surface area contributed by atoms with Crippen molar-refractivity contribution in [2.75, 3.05) is 0 Å². The standard InChI is InChI=1S/C39H79/c1-3-5-7-9-11-13-15-17-19-21-23-25-27-29-31-33-35-37-39-38-36-34-32-30-28-26-24-22-20-18-16-14-12-10-8-6-4-2/h31H,3-30,32-39H2,1-2H3. The molecule has 0 rings (SSSR count). The van der Waals surface area contributed by atoms with Crippen LogP contribution in [0.15, 0.2) is 0 Å². The third-order valence-corrected chi connectivity index (χ3v) is 9.02. The summed E-state index contributed by atoms with van der Waals surface area (Å²) < 4.78 is 0. The highest BCUT2D eigenvalue weighted by molar-refractivity contribution is 4.65. The van der Waals surface area contributed by atoms with E-state index >= 15 is 0 Å². The van der Waals surface area contributed by atoms with Crippen LogP contribution in [0.1, 0.15) is 245 Å². The van der Waals surface area contributed by atoms with Gasteiger partial charge in [-0.15, -0.1) is 0 Å². The molecule has 0 fully saturated rings. The minimum Gasteiger partial charge on any atom is -0.0654 e. The highest BCUT2D eigenvalue weighted by Crippen LogP contribution is 2.17. The monoisotopic (exact) mass is 548 g/mol. The third-order valence-electron chi connectivity index (χ3n) is 9.02. The third kappa shape index (κ3) is 38.0. The molecule has 0 spiro atoms. The molecule has 0 bridgehead atoms. The summed E-state index contributed by atoms with van der Waals surface area (Å²) in [6, 6.07) is 0. The molecule has 0 aromatic heterocycles. The Kier molecular flexibility index (Phi) is 38.0. The normalized spacial score (nSPS) is 11.5. The molecule has 1 radical (unpaired) electrons. The van der Waals surface area contributed by atoms with Crippen LogP contribution in [0.3, 0.4) is 0 Å². The molecule has 0 aromatic rings. The molecular formula is C39H79. The predicted octanol–water partition coefficient (Wildman–Crippen LogP) is 15.3. The van der Waals surface area contributed by atoms with Crippen LogP contribution in [0.25, 0.3) is 0 Å². The van der Waals surface area contributed by atoms with Gasteiger partial charge < -0.3 is 0 Å². The van der Waals surface area contributed by atoms with Gasteiger partial charge in [0.15, 0.2) is 0 Å². The lowest BCUT2D eigenvalue weighted by Gasteiger charge is -2.05. The number of hydrogen-bond donors (Lipinski definition) is 0. The summed E-state index contributed by atoms with van der Waals surface area (Å²) >= 11 is 0. The molecule has 0 aliphatic heterocycles. The van der Waals surface area contributed by atoms with Crippen LogP contribution >= 0.6 is 0 Å². The van der Waals surface area contributed by atoms with E-state index in [9.17, 15) is 0 Å². The molecule has 0 N–H and O–H groups in total. The van der Waals surface area contributed by atoms with Crippen molar-refractivity contribution in [2.24, 2.45) is 0 Å². The van der Waals surface area contributed by atoms with Gasteiger partial charge in [0, 0.05) is 0 Å². The molecule has 0 aliphatic rings. The van der Waals surface area contributed by atoms with E-state index in [1.54, 1.807) is 0 Å². The van der Waals surface area contributed by atoms with Crippen molar-refractivity contribution in [3.63, 3.8) is 0 Å². The van der Waals surface area contributed by atoms with Crippen LogP contribution < -0.4 is 0 Å². The Balaban J connectivity index is 3.01. The van der Waals surface area contributed by atoms with E-state index in [-0.39, 0.29) is 0 Å². The zero-order chi connectivity index (χ0) is 28.2. The van der Waals surface area contributed by atoms with Gasteiger partial charge in [0.2, 0.25) is 0 Å². The van der Waals surface area contributed by atoms with Crippen LogP contribution in [0.2, 0.25) is 0 Å². The summed E-state index contributed by atoms with van der Waals surface area (Å²) in [5.74, 6) is 0. The molecule has 0 atom stereocenters. The lowest BCUT2D eigenvalue weighted by Crippen LogP contribution is -1.85. The van der Waals surface area contributed by atoms with Gasteiger partial charge in [-0.05, 0) is 6.42 Å². The maximum Gasteiger partial charge on any atom is -0.0386 e. The summed E-state index contributed by atoms with van der Waals surface area (Å²) in [5.41, 5.74) is 0. The second-order valence-electron chi connectivity index (χ2n) is 13.2. The van der Waals surface area contributed by atoms with Crippen molar-refractivity contribution in [3.8, 4) is 0 Å². The van der Waals surface area contributed by atoms with Gasteiger partial charge in [-0.2, -0.15) is 0 Å². The van der Waals surface area contributed by atoms with E-state index in [0.29, 0.717) is 0 Å². The van der Waals surface area contributed by atoms with Crippen LogP contribution in [0.4, 0.5) is 0 Å². The van der Waals surface area contributed by atoms with Crippen LogP contribution in [0.5, 0.6) is 0 Å². The first-order chi connectivity index (χ1) is 19.4. The molecule has 0 heteroatoms. The quantitative estimate of drug-likeness (QED) is 0.0684. The number of hydrogen-bond acceptors (Lipinski definition) is 0. The van der Waals surface area contributed by atoms with Gasteiger partial charge in [-0.3, -0.25) is 0 Å². The van der Waals surface area contributed by atoms with E-state index in [1.165, 1.54) is 231 Å². The fraction of sp³-hybridized carbons (Fsp3) is 0.974. The SMILES string of the molecule is CCCCCCCCCCCCCCC[CH]CCCCCCCCCCCCCCCCCCCCCCC. The zero-order valence-electron chi connectivity index (χ0n) is 28.0. The summed E-state index contributed by atoms with van der Waals surface area (Å²) in [6.45, 7) is 4.62. The van der Waals surface area contributed by atoms with Gasteiger partial charge in [0.1, 0.15) is 0 Å². The van der Waals surface area contributed by atoms with E-state index in [2.05, 4.69) is 20.3 Å². The van der Waals surface area contributed by atoms with E-state index < -0.39 is 0 Å². The molecule has 0 nitrogen and oxygen atoms in total. The summed E-state index contributed by atoms with van der Waals surface area (Å²) in [6.07, 6.45) is 55.4. The fourth-order valence-corrected chi connectivity index (χ4v) is 6.17. The molecule has 0 amide bonds. The lowest BCUT2D eigenvalue weighted by atomic mass is 10.0. The fourth-order valence-electron chi connectivity index (χ4n) is 6.17. The van der Waals surface area contributed by atoms with E-state index in [4.69, 9.17) is 0 Å². The maximum atomic E-state index is 2.59. The Hall–Kier alpha value is 0. The largest absolute Gasteiger partial charge is 0.0654 e. The van der Waals surface area contributed by atoms with Gasteiger partial charge >= 0.3 is 0 Å². The van der Waals surface area contributed by atoms with Gasteiger partial charge in [-0.1, -0.05) is 245 Å². The molecular weight excluding hydrogens is 468 g/mol. The average Bonchev–Trinajstić information content (AvgIpc) is 2.95. The van der Waals surface area contributed by atoms with Crippen molar-refractivity contribution in [3.05, 3.63) is 6.42 Å². The number of rotatable bonds is 36. The molecule has 0 aromatic carbocycles. The lowest BCUT2D eigenvalue weighted by molar-refractivity contribution is 0.519. The van der Waals surface area contributed by atoms with Crippen molar-refractivity contribution in [1.82, 2.24) is 0 Å². The molecule has 0 saturated heterocycles. The first-order valence-electron chi connectivity index (χ1n) is 19.2. The summed E-state index contributed by atoms with van der Waals surface area (Å²) in [4.78, 5) is 0. The second kappa shape index (κ2) is 38.0. The van der Waals surface area contributed by atoms with Crippen LogP contribution in [-0.4, -0.2) is 0 Å². The molecule has 0 saturated carbocycles. The maximum absolute atomic E-state index is 2.59. The smallest absolute Gasteiger partial charge is 0.0386 e. The van der Waals surface area contributed by atoms with Gasteiger partial charge in [0.05, 0.1) is 0 Å². The molecule has 39 heavy (non-hydrogen) atoms. The molecule has 0 unspecified atom stereocenters. The highest BCUT2D eigenvalue weighted by atomic mass is 14.0. The Morgan fingerprint density at radius 1 is 0.205 bits per heavy atom. The number of unbranched alkanes of at least 4 members (excludes halogenated alkanes) is 36. The zero-order valence-corrected chi connectivity index (χ0v) is 28.0. The van der Waals surface area contributed by atoms with E-state index in [1.807, 2.05) is 0 Å². The topological polar surface area (TPSA) is 0 Å².